The molecule has 0 bridgehead atoms. The molecule has 6 nitrogen and oxygen atoms in total. The van der Waals surface area contributed by atoms with E-state index in [0.29, 0.717) is 6.54 Å². The molecular formula is C14H17BrN4O2. The molecule has 1 aromatic rings. The lowest BCUT2D eigenvalue weighted by Gasteiger charge is -2.34. The van der Waals surface area contributed by atoms with Gasteiger partial charge in [-0.15, -0.1) is 0 Å². The van der Waals surface area contributed by atoms with Crippen molar-refractivity contribution in [3.63, 3.8) is 0 Å². The van der Waals surface area contributed by atoms with Crippen LogP contribution in [0.25, 0.3) is 0 Å². The summed E-state index contributed by atoms with van der Waals surface area (Å²) >= 11 is 3.54. The van der Waals surface area contributed by atoms with Gasteiger partial charge in [0.2, 0.25) is 11.8 Å². The number of carbonyl (C=O) groups is 2. The fourth-order valence-electron chi connectivity index (χ4n) is 2.97. The number of carbonyl (C=O) groups excluding carboxylic acids is 2. The van der Waals surface area contributed by atoms with E-state index in [1.165, 1.54) is 0 Å². The van der Waals surface area contributed by atoms with Crippen LogP contribution in [0.5, 0.6) is 0 Å². The fourth-order valence-corrected chi connectivity index (χ4v) is 3.58. The monoisotopic (exact) mass is 352 g/mol. The van der Waals surface area contributed by atoms with Gasteiger partial charge in [0, 0.05) is 28.8 Å². The van der Waals surface area contributed by atoms with Crippen LogP contribution in [0.3, 0.4) is 0 Å². The Morgan fingerprint density at radius 3 is 2.90 bits per heavy atom. The highest BCUT2D eigenvalue weighted by Crippen LogP contribution is 2.39. The number of anilines is 2. The van der Waals surface area contributed by atoms with Crippen LogP contribution in [0.2, 0.25) is 0 Å². The minimum Gasteiger partial charge on any atom is -0.370 e. The first kappa shape index (κ1) is 14.3. The van der Waals surface area contributed by atoms with E-state index in [1.807, 2.05) is 12.1 Å². The van der Waals surface area contributed by atoms with Crippen molar-refractivity contribution in [1.29, 1.82) is 0 Å². The fraction of sp³-hybridized carbons (Fsp3) is 0.429. The van der Waals surface area contributed by atoms with Crippen LogP contribution < -0.4 is 21.7 Å². The van der Waals surface area contributed by atoms with Gasteiger partial charge in [-0.05, 0) is 40.9 Å². The Morgan fingerprint density at radius 2 is 2.19 bits per heavy atom. The van der Waals surface area contributed by atoms with Crippen molar-refractivity contribution in [1.82, 2.24) is 0 Å². The van der Waals surface area contributed by atoms with Crippen molar-refractivity contribution >= 4 is 39.1 Å². The number of piperidine rings is 1. The smallest absolute Gasteiger partial charge is 0.245 e. The molecule has 7 heteroatoms. The van der Waals surface area contributed by atoms with Crippen LogP contribution in [0.4, 0.5) is 11.4 Å². The van der Waals surface area contributed by atoms with Gasteiger partial charge in [0.1, 0.15) is 6.04 Å². The van der Waals surface area contributed by atoms with Crippen LogP contribution >= 0.6 is 15.9 Å². The summed E-state index contributed by atoms with van der Waals surface area (Å²) in [6.45, 7) is 1.47. The zero-order valence-corrected chi connectivity index (χ0v) is 13.0. The Kier molecular flexibility index (Phi) is 3.62. The minimum absolute atomic E-state index is 0.129. The van der Waals surface area contributed by atoms with Gasteiger partial charge in [0.15, 0.2) is 0 Å². The largest absolute Gasteiger partial charge is 0.370 e. The third-order valence-corrected chi connectivity index (χ3v) is 4.79. The van der Waals surface area contributed by atoms with E-state index in [2.05, 4.69) is 26.1 Å². The summed E-state index contributed by atoms with van der Waals surface area (Å²) in [6, 6.07) is 3.17. The first-order valence-corrected chi connectivity index (χ1v) is 7.71. The highest BCUT2D eigenvalue weighted by molar-refractivity contribution is 9.10. The molecule has 2 unspecified atom stereocenters. The number of hydrogen-bond donors (Lipinski definition) is 3. The molecule has 5 N–H and O–H groups in total. The van der Waals surface area contributed by atoms with Crippen LogP contribution in [0.1, 0.15) is 24.4 Å². The minimum atomic E-state index is -0.620. The second-order valence-corrected chi connectivity index (χ2v) is 6.40. The molecule has 2 amide bonds. The molecule has 0 spiro atoms. The normalized spacial score (nSPS) is 24.7. The summed E-state index contributed by atoms with van der Waals surface area (Å²) in [4.78, 5) is 25.2. The predicted molar refractivity (Wildman–Crippen MR) is 83.8 cm³/mol. The van der Waals surface area contributed by atoms with Crippen LogP contribution in [-0.2, 0) is 9.59 Å². The lowest BCUT2D eigenvalue weighted by atomic mass is 9.96. The maximum Gasteiger partial charge on any atom is 0.245 e. The van der Waals surface area contributed by atoms with E-state index < -0.39 is 6.04 Å². The number of amides is 2. The molecular weight excluding hydrogens is 336 g/mol. The highest BCUT2D eigenvalue weighted by Gasteiger charge is 2.30. The zero-order valence-electron chi connectivity index (χ0n) is 11.4. The Hall–Kier alpha value is -1.60. The first-order chi connectivity index (χ1) is 9.97. The molecule has 21 heavy (non-hydrogen) atoms. The van der Waals surface area contributed by atoms with Gasteiger partial charge in [-0.25, -0.2) is 0 Å². The molecule has 2 atom stereocenters. The molecule has 0 saturated carbocycles. The molecule has 2 aliphatic rings. The quantitative estimate of drug-likeness (QED) is 0.741. The number of rotatable bonds is 2. The van der Waals surface area contributed by atoms with E-state index in [4.69, 9.17) is 11.5 Å². The highest BCUT2D eigenvalue weighted by atomic mass is 79.9. The van der Waals surface area contributed by atoms with E-state index in [0.717, 1.165) is 40.8 Å². The number of nitrogens with two attached hydrogens (primary N) is 2. The Morgan fingerprint density at radius 1 is 1.43 bits per heavy atom. The summed E-state index contributed by atoms with van der Waals surface area (Å²) in [7, 11) is 0. The lowest BCUT2D eigenvalue weighted by molar-refractivity contribution is -0.122. The number of halogens is 1. The third kappa shape index (κ3) is 2.51. The molecule has 1 aromatic carbocycles. The Labute approximate surface area is 131 Å². The molecule has 0 aliphatic carbocycles. The summed E-state index contributed by atoms with van der Waals surface area (Å²) in [5.74, 6) is -0.578. The van der Waals surface area contributed by atoms with Crippen molar-refractivity contribution in [2.45, 2.75) is 18.9 Å². The van der Waals surface area contributed by atoms with Gasteiger partial charge in [-0.2, -0.15) is 0 Å². The first-order valence-electron chi connectivity index (χ1n) is 6.91. The summed E-state index contributed by atoms with van der Waals surface area (Å²) < 4.78 is 0.873. The van der Waals surface area contributed by atoms with Gasteiger partial charge in [-0.1, -0.05) is 0 Å². The summed E-state index contributed by atoms with van der Waals surface area (Å²) in [6.07, 6.45) is 1.75. The maximum absolute atomic E-state index is 11.6. The van der Waals surface area contributed by atoms with E-state index in [-0.39, 0.29) is 17.7 Å². The van der Waals surface area contributed by atoms with E-state index in [9.17, 15) is 9.59 Å². The molecule has 0 radical (unpaired) electrons. The standard InChI is InChI=1S/C14H17BrN4O2/c15-9-4-8-10(18-14(21)12(8)16)5-11(9)19-3-1-2-7(6-19)13(17)20/h4-5,7,12H,1-3,6,16H2,(H2,17,20)(H,18,21). The maximum atomic E-state index is 11.6. The van der Waals surface area contributed by atoms with Gasteiger partial charge in [0.25, 0.3) is 0 Å². The molecule has 1 fully saturated rings. The average molecular weight is 353 g/mol. The second-order valence-electron chi connectivity index (χ2n) is 5.55. The van der Waals surface area contributed by atoms with Crippen molar-refractivity contribution in [2.75, 3.05) is 23.3 Å². The summed E-state index contributed by atoms with van der Waals surface area (Å²) in [5.41, 5.74) is 13.7. The summed E-state index contributed by atoms with van der Waals surface area (Å²) in [5, 5.41) is 2.78. The van der Waals surface area contributed by atoms with Crippen LogP contribution in [0.15, 0.2) is 16.6 Å². The Bertz CT molecular complexity index is 619. The SMILES string of the molecule is NC(=O)C1CCCN(c2cc3c(cc2Br)C(N)C(=O)N3)C1. The number of nitrogens with zero attached hydrogens (tertiary/aromatic N) is 1. The lowest BCUT2D eigenvalue weighted by Crippen LogP contribution is -2.41. The van der Waals surface area contributed by atoms with Crippen LogP contribution in [-0.4, -0.2) is 24.9 Å². The molecule has 2 heterocycles. The van der Waals surface area contributed by atoms with Crippen molar-refractivity contribution in [2.24, 2.45) is 17.4 Å². The third-order valence-electron chi connectivity index (χ3n) is 4.16. The van der Waals surface area contributed by atoms with Gasteiger partial charge in [-0.3, -0.25) is 9.59 Å². The van der Waals surface area contributed by atoms with Gasteiger partial charge >= 0.3 is 0 Å². The zero-order chi connectivity index (χ0) is 15.1. The second kappa shape index (κ2) is 5.31. The van der Waals surface area contributed by atoms with Crippen molar-refractivity contribution in [3.05, 3.63) is 22.2 Å². The number of fused-ring (bicyclic) bond motifs is 1. The van der Waals surface area contributed by atoms with Crippen molar-refractivity contribution < 1.29 is 9.59 Å². The number of primary amides is 1. The molecule has 112 valence electrons. The topological polar surface area (TPSA) is 101 Å². The van der Waals surface area contributed by atoms with Gasteiger partial charge < -0.3 is 21.7 Å². The van der Waals surface area contributed by atoms with E-state index in [1.54, 1.807) is 0 Å². The number of benzene rings is 1. The average Bonchev–Trinajstić information content (AvgIpc) is 2.73. The van der Waals surface area contributed by atoms with Crippen molar-refractivity contribution in [3.8, 4) is 0 Å². The molecule has 0 aromatic heterocycles. The molecule has 2 aliphatic heterocycles. The predicted octanol–water partition coefficient (Wildman–Crippen LogP) is 1.10. The number of nitrogens with one attached hydrogen (secondary N) is 1. The van der Waals surface area contributed by atoms with E-state index >= 15 is 0 Å². The molecule has 1 saturated heterocycles. The Balaban J connectivity index is 1.91. The molecule has 3 rings (SSSR count). The van der Waals surface area contributed by atoms with Crippen LogP contribution in [0, 0.1) is 5.92 Å². The number of hydrogen-bond acceptors (Lipinski definition) is 4. The van der Waals surface area contributed by atoms with Gasteiger partial charge in [0.05, 0.1) is 11.6 Å².